The first kappa shape index (κ1) is 16.4. The maximum absolute atomic E-state index is 12.9. The molecule has 3 aromatic rings. The predicted octanol–water partition coefficient (Wildman–Crippen LogP) is 2.00. The predicted molar refractivity (Wildman–Crippen MR) is 97.6 cm³/mol. The van der Waals surface area contributed by atoms with Crippen LogP contribution in [0.1, 0.15) is 32.2 Å². The lowest BCUT2D eigenvalue weighted by molar-refractivity contribution is 0.0720. The van der Waals surface area contributed by atoms with Gasteiger partial charge >= 0.3 is 0 Å². The molecule has 1 aliphatic rings. The molecule has 0 bridgehead atoms. The molecule has 1 aliphatic heterocycles. The highest BCUT2D eigenvalue weighted by Gasteiger charge is 2.29. The van der Waals surface area contributed by atoms with E-state index >= 15 is 0 Å². The molecule has 0 spiro atoms. The molecule has 3 heterocycles. The number of nitrogens with one attached hydrogen (secondary N) is 2. The minimum absolute atomic E-state index is 0.0723. The number of amides is 2. The van der Waals surface area contributed by atoms with Crippen LogP contribution in [0.3, 0.4) is 0 Å². The van der Waals surface area contributed by atoms with Crippen molar-refractivity contribution in [2.45, 2.75) is 13.0 Å². The van der Waals surface area contributed by atoms with Crippen molar-refractivity contribution < 1.29 is 9.59 Å². The molecule has 4 rings (SSSR count). The Kier molecular flexibility index (Phi) is 3.99. The van der Waals surface area contributed by atoms with Crippen LogP contribution in [0.2, 0.25) is 0 Å². The van der Waals surface area contributed by atoms with Gasteiger partial charge in [0, 0.05) is 48.7 Å². The van der Waals surface area contributed by atoms with Crippen LogP contribution in [0.5, 0.6) is 0 Å². The summed E-state index contributed by atoms with van der Waals surface area (Å²) in [7, 11) is 1.69. The fraction of sp³-hybridized carbons (Fsp3) is 0.263. The Morgan fingerprint density at radius 2 is 2.15 bits per heavy atom. The Morgan fingerprint density at radius 1 is 1.35 bits per heavy atom. The van der Waals surface area contributed by atoms with E-state index in [0.717, 1.165) is 22.2 Å². The topological polar surface area (TPSA) is 85.1 Å². The third-order valence-corrected chi connectivity index (χ3v) is 4.87. The molecule has 26 heavy (non-hydrogen) atoms. The second-order valence-corrected chi connectivity index (χ2v) is 6.50. The second kappa shape index (κ2) is 6.33. The summed E-state index contributed by atoms with van der Waals surface area (Å²) in [5.41, 5.74) is 3.59. The van der Waals surface area contributed by atoms with Gasteiger partial charge < -0.3 is 14.8 Å². The van der Waals surface area contributed by atoms with Crippen molar-refractivity contribution in [3.63, 3.8) is 0 Å². The first-order valence-corrected chi connectivity index (χ1v) is 8.56. The first-order valence-electron chi connectivity index (χ1n) is 8.56. The molecular formula is C19H20N5O2. The monoisotopic (exact) mass is 350 g/mol. The van der Waals surface area contributed by atoms with Crippen LogP contribution in [0.15, 0.2) is 30.3 Å². The number of aromatic nitrogens is 3. The number of hydrogen-bond acceptors (Lipinski definition) is 3. The molecule has 0 unspecified atom stereocenters. The summed E-state index contributed by atoms with van der Waals surface area (Å²) in [6.45, 7) is 5.04. The third-order valence-electron chi connectivity index (χ3n) is 4.87. The summed E-state index contributed by atoms with van der Waals surface area (Å²) in [6, 6.07) is 9.66. The molecule has 1 aromatic carbocycles. The molecule has 7 nitrogen and oxygen atoms in total. The van der Waals surface area contributed by atoms with Gasteiger partial charge in [0.1, 0.15) is 5.69 Å². The van der Waals surface area contributed by atoms with Gasteiger partial charge in [-0.2, -0.15) is 5.10 Å². The number of carbonyl (C=O) groups is 2. The van der Waals surface area contributed by atoms with Gasteiger partial charge in [-0.1, -0.05) is 18.2 Å². The average molecular weight is 350 g/mol. The maximum Gasteiger partial charge on any atom is 0.274 e. The van der Waals surface area contributed by atoms with Gasteiger partial charge in [-0.25, -0.2) is 0 Å². The van der Waals surface area contributed by atoms with Gasteiger partial charge in [0.15, 0.2) is 5.69 Å². The van der Waals surface area contributed by atoms with Crippen molar-refractivity contribution in [2.75, 3.05) is 20.1 Å². The molecule has 133 valence electrons. The van der Waals surface area contributed by atoms with Crippen LogP contribution < -0.4 is 0 Å². The van der Waals surface area contributed by atoms with Crippen LogP contribution in [0.4, 0.5) is 0 Å². The van der Waals surface area contributed by atoms with Gasteiger partial charge in [-0.05, 0) is 19.1 Å². The van der Waals surface area contributed by atoms with Crippen molar-refractivity contribution in [1.82, 2.24) is 25.0 Å². The van der Waals surface area contributed by atoms with E-state index in [-0.39, 0.29) is 11.8 Å². The third kappa shape index (κ3) is 2.65. The van der Waals surface area contributed by atoms with E-state index in [0.29, 0.717) is 37.4 Å². The Bertz CT molecular complexity index is 954. The molecule has 2 amide bonds. The molecule has 0 saturated carbocycles. The molecule has 0 aliphatic carbocycles. The summed E-state index contributed by atoms with van der Waals surface area (Å²) in [5, 5.41) is 8.13. The number of fused-ring (bicyclic) bond motifs is 2. The Hall–Kier alpha value is -3.09. The lowest BCUT2D eigenvalue weighted by Crippen LogP contribution is -2.37. The Morgan fingerprint density at radius 3 is 2.92 bits per heavy atom. The molecule has 0 fully saturated rings. The Balaban J connectivity index is 1.60. The number of nitrogens with zero attached hydrogens (tertiary/aromatic N) is 3. The number of hydrogen-bond donors (Lipinski definition) is 2. The molecule has 2 N–H and O–H groups in total. The smallest absolute Gasteiger partial charge is 0.274 e. The average Bonchev–Trinajstić information content (AvgIpc) is 3.29. The van der Waals surface area contributed by atoms with Crippen molar-refractivity contribution in [3.8, 4) is 0 Å². The standard InChI is InChI=1S/C19H20N5O2/c1-3-23(2)19(26)17-13-11-24(9-8-15(13)21-22-17)18(25)16-10-12-6-4-5-7-14(12)20-16/h4-7,10,20H,1,3,8-9,11H2,2H3,(H,21,22). The molecule has 1 radical (unpaired) electrons. The normalized spacial score (nSPS) is 13.7. The van der Waals surface area contributed by atoms with E-state index in [1.54, 1.807) is 11.9 Å². The number of para-hydroxylation sites is 1. The van der Waals surface area contributed by atoms with Crippen molar-refractivity contribution >= 4 is 22.7 Å². The fourth-order valence-corrected chi connectivity index (χ4v) is 3.29. The highest BCUT2D eigenvalue weighted by atomic mass is 16.2. The summed E-state index contributed by atoms with van der Waals surface area (Å²) in [5.74, 6) is -0.255. The molecule has 7 heteroatoms. The molecule has 2 aromatic heterocycles. The molecular weight excluding hydrogens is 330 g/mol. The summed E-state index contributed by atoms with van der Waals surface area (Å²) >= 11 is 0. The minimum atomic E-state index is -0.183. The number of benzene rings is 1. The van der Waals surface area contributed by atoms with Crippen LogP contribution in [0, 0.1) is 6.92 Å². The highest BCUT2D eigenvalue weighted by molar-refractivity contribution is 5.98. The summed E-state index contributed by atoms with van der Waals surface area (Å²) in [4.78, 5) is 31.8. The zero-order valence-electron chi connectivity index (χ0n) is 14.6. The van der Waals surface area contributed by atoms with E-state index in [4.69, 9.17) is 0 Å². The maximum atomic E-state index is 12.9. The quantitative estimate of drug-likeness (QED) is 0.758. The Labute approximate surface area is 151 Å². The SMILES string of the molecule is [CH2]CN(C)C(=O)c1n[nH]c2c1CN(C(=O)c1cc3ccccc3[nH]1)CC2. The lowest BCUT2D eigenvalue weighted by atomic mass is 10.0. The van der Waals surface area contributed by atoms with Gasteiger partial charge in [-0.3, -0.25) is 14.7 Å². The van der Waals surface area contributed by atoms with E-state index in [2.05, 4.69) is 22.1 Å². The van der Waals surface area contributed by atoms with Crippen molar-refractivity contribution in [3.05, 3.63) is 59.9 Å². The van der Waals surface area contributed by atoms with Crippen LogP contribution in [-0.4, -0.2) is 56.9 Å². The zero-order valence-corrected chi connectivity index (χ0v) is 14.6. The second-order valence-electron chi connectivity index (χ2n) is 6.50. The van der Waals surface area contributed by atoms with E-state index in [1.807, 2.05) is 30.3 Å². The van der Waals surface area contributed by atoms with Crippen molar-refractivity contribution in [2.24, 2.45) is 0 Å². The van der Waals surface area contributed by atoms with Crippen molar-refractivity contribution in [1.29, 1.82) is 0 Å². The van der Waals surface area contributed by atoms with Gasteiger partial charge in [-0.15, -0.1) is 0 Å². The number of carbonyl (C=O) groups excluding carboxylic acids is 2. The summed E-state index contributed by atoms with van der Waals surface area (Å²) in [6.07, 6.45) is 0.648. The lowest BCUT2D eigenvalue weighted by Gasteiger charge is -2.27. The number of rotatable bonds is 3. The highest BCUT2D eigenvalue weighted by Crippen LogP contribution is 2.24. The number of H-pyrrole nitrogens is 2. The van der Waals surface area contributed by atoms with Gasteiger partial charge in [0.2, 0.25) is 0 Å². The molecule has 0 saturated heterocycles. The van der Waals surface area contributed by atoms with Crippen LogP contribution in [0.25, 0.3) is 10.9 Å². The van der Waals surface area contributed by atoms with Crippen LogP contribution >= 0.6 is 0 Å². The molecule has 0 atom stereocenters. The largest absolute Gasteiger partial charge is 0.351 e. The zero-order chi connectivity index (χ0) is 18.3. The van der Waals surface area contributed by atoms with Gasteiger partial charge in [0.25, 0.3) is 11.8 Å². The van der Waals surface area contributed by atoms with E-state index < -0.39 is 0 Å². The summed E-state index contributed by atoms with van der Waals surface area (Å²) < 4.78 is 0. The first-order chi connectivity index (χ1) is 12.6. The van der Waals surface area contributed by atoms with E-state index in [1.165, 1.54) is 4.90 Å². The van der Waals surface area contributed by atoms with Gasteiger partial charge in [0.05, 0.1) is 6.54 Å². The number of aromatic amines is 2. The fourth-order valence-electron chi connectivity index (χ4n) is 3.29. The van der Waals surface area contributed by atoms with E-state index in [9.17, 15) is 9.59 Å². The van der Waals surface area contributed by atoms with Crippen LogP contribution in [-0.2, 0) is 13.0 Å². The minimum Gasteiger partial charge on any atom is -0.351 e.